The van der Waals surface area contributed by atoms with Gasteiger partial charge >= 0.3 is 5.97 Å². The number of ether oxygens (including phenoxy) is 2. The lowest BCUT2D eigenvalue weighted by Gasteiger charge is -2.09. The van der Waals surface area contributed by atoms with Crippen molar-refractivity contribution in [2.75, 3.05) is 20.0 Å². The maximum atomic E-state index is 11.2. The molecule has 1 aromatic carbocycles. The molecule has 1 rings (SSSR count). The SMILES string of the molecule is COC(=O)c1cc(C)c(OC)c(N)c1.Cl. The second kappa shape index (κ2) is 5.46. The molecule has 5 heteroatoms. The van der Waals surface area contributed by atoms with Crippen molar-refractivity contribution in [3.8, 4) is 5.75 Å². The van der Waals surface area contributed by atoms with Gasteiger partial charge in [0.25, 0.3) is 0 Å². The van der Waals surface area contributed by atoms with Gasteiger partial charge in [-0.3, -0.25) is 0 Å². The number of halogens is 1. The van der Waals surface area contributed by atoms with Crippen LogP contribution in [0, 0.1) is 6.92 Å². The molecular formula is C10H14ClNO3. The second-order valence-electron chi connectivity index (χ2n) is 2.91. The van der Waals surface area contributed by atoms with Gasteiger partial charge in [0.15, 0.2) is 0 Å². The number of aryl methyl sites for hydroxylation is 1. The number of hydrogen-bond acceptors (Lipinski definition) is 4. The molecule has 84 valence electrons. The molecule has 0 heterocycles. The van der Waals surface area contributed by atoms with Crippen LogP contribution in [-0.4, -0.2) is 20.2 Å². The average molecular weight is 232 g/mol. The van der Waals surface area contributed by atoms with Crippen LogP contribution in [-0.2, 0) is 4.74 Å². The summed E-state index contributed by atoms with van der Waals surface area (Å²) in [5, 5.41) is 0. The molecule has 2 N–H and O–H groups in total. The molecule has 0 saturated carbocycles. The maximum absolute atomic E-state index is 11.2. The van der Waals surface area contributed by atoms with Gasteiger partial charge in [-0.25, -0.2) is 4.79 Å². The summed E-state index contributed by atoms with van der Waals surface area (Å²) in [5.41, 5.74) is 7.38. The summed E-state index contributed by atoms with van der Waals surface area (Å²) in [6.07, 6.45) is 0. The fraction of sp³-hybridized carbons (Fsp3) is 0.300. The summed E-state index contributed by atoms with van der Waals surface area (Å²) in [7, 11) is 2.87. The molecule has 0 aliphatic rings. The molecule has 0 unspecified atom stereocenters. The van der Waals surface area contributed by atoms with E-state index in [0.717, 1.165) is 5.56 Å². The number of nitrogen functional groups attached to an aromatic ring is 1. The number of carbonyl (C=O) groups is 1. The van der Waals surface area contributed by atoms with Crippen LogP contribution in [0.2, 0.25) is 0 Å². The predicted octanol–water partition coefficient (Wildman–Crippen LogP) is 1.79. The van der Waals surface area contributed by atoms with Crippen molar-refractivity contribution < 1.29 is 14.3 Å². The van der Waals surface area contributed by atoms with E-state index in [0.29, 0.717) is 17.0 Å². The molecule has 4 nitrogen and oxygen atoms in total. The maximum Gasteiger partial charge on any atom is 0.337 e. The lowest BCUT2D eigenvalue weighted by molar-refractivity contribution is 0.0600. The van der Waals surface area contributed by atoms with E-state index in [-0.39, 0.29) is 12.4 Å². The molecule has 0 atom stereocenters. The molecule has 15 heavy (non-hydrogen) atoms. The van der Waals surface area contributed by atoms with E-state index < -0.39 is 5.97 Å². The minimum absolute atomic E-state index is 0. The Labute approximate surface area is 94.8 Å². The largest absolute Gasteiger partial charge is 0.494 e. The number of rotatable bonds is 2. The Morgan fingerprint density at radius 2 is 1.93 bits per heavy atom. The number of benzene rings is 1. The highest BCUT2D eigenvalue weighted by Gasteiger charge is 2.11. The first-order valence-electron chi connectivity index (χ1n) is 4.12. The van der Waals surface area contributed by atoms with Crippen molar-refractivity contribution >= 4 is 24.1 Å². The number of methoxy groups -OCH3 is 2. The third-order valence-corrected chi connectivity index (χ3v) is 1.93. The quantitative estimate of drug-likeness (QED) is 0.623. The number of anilines is 1. The minimum atomic E-state index is -0.401. The molecule has 0 aromatic heterocycles. The predicted molar refractivity (Wildman–Crippen MR) is 60.7 cm³/mol. The summed E-state index contributed by atoms with van der Waals surface area (Å²) in [6, 6.07) is 3.22. The van der Waals surface area contributed by atoms with Crippen LogP contribution in [0.15, 0.2) is 12.1 Å². The van der Waals surface area contributed by atoms with Crippen LogP contribution >= 0.6 is 12.4 Å². The number of hydrogen-bond donors (Lipinski definition) is 1. The van der Waals surface area contributed by atoms with Crippen LogP contribution in [0.5, 0.6) is 5.75 Å². The zero-order chi connectivity index (χ0) is 10.7. The van der Waals surface area contributed by atoms with E-state index >= 15 is 0 Å². The summed E-state index contributed by atoms with van der Waals surface area (Å²) in [4.78, 5) is 11.2. The van der Waals surface area contributed by atoms with E-state index in [2.05, 4.69) is 4.74 Å². The number of carbonyl (C=O) groups excluding carboxylic acids is 1. The van der Waals surface area contributed by atoms with Crippen LogP contribution in [0.25, 0.3) is 0 Å². The molecule has 0 aliphatic heterocycles. The van der Waals surface area contributed by atoms with Crippen molar-refractivity contribution in [2.24, 2.45) is 0 Å². The van der Waals surface area contributed by atoms with Crippen LogP contribution in [0.4, 0.5) is 5.69 Å². The standard InChI is InChI=1S/C10H13NO3.ClH/c1-6-4-7(10(12)14-3)5-8(11)9(6)13-2;/h4-5H,11H2,1-3H3;1H. The van der Waals surface area contributed by atoms with Crippen molar-refractivity contribution in [3.05, 3.63) is 23.3 Å². The van der Waals surface area contributed by atoms with Gasteiger partial charge in [0, 0.05) is 0 Å². The van der Waals surface area contributed by atoms with E-state index in [1.807, 2.05) is 6.92 Å². The third kappa shape index (κ3) is 2.76. The first-order valence-corrected chi connectivity index (χ1v) is 4.12. The Kier molecular flexibility index (Phi) is 4.94. The lowest BCUT2D eigenvalue weighted by atomic mass is 10.1. The van der Waals surface area contributed by atoms with Gasteiger partial charge < -0.3 is 15.2 Å². The highest BCUT2D eigenvalue weighted by Crippen LogP contribution is 2.27. The topological polar surface area (TPSA) is 61.5 Å². The molecule has 0 amide bonds. The van der Waals surface area contributed by atoms with Gasteiger partial charge in [0.2, 0.25) is 0 Å². The Morgan fingerprint density at radius 1 is 1.33 bits per heavy atom. The molecular weight excluding hydrogens is 218 g/mol. The van der Waals surface area contributed by atoms with Gasteiger partial charge in [-0.1, -0.05) is 0 Å². The highest BCUT2D eigenvalue weighted by atomic mass is 35.5. The zero-order valence-corrected chi connectivity index (χ0v) is 9.68. The summed E-state index contributed by atoms with van der Waals surface area (Å²) < 4.78 is 9.65. The van der Waals surface area contributed by atoms with Gasteiger partial charge in [-0.05, 0) is 24.6 Å². The fourth-order valence-corrected chi connectivity index (χ4v) is 1.32. The Balaban J connectivity index is 0.00000196. The third-order valence-electron chi connectivity index (χ3n) is 1.93. The van der Waals surface area contributed by atoms with Crippen molar-refractivity contribution in [1.29, 1.82) is 0 Å². The molecule has 0 spiro atoms. The van der Waals surface area contributed by atoms with Gasteiger partial charge in [-0.15, -0.1) is 12.4 Å². The van der Waals surface area contributed by atoms with Gasteiger partial charge in [0.1, 0.15) is 5.75 Å². The monoisotopic (exact) mass is 231 g/mol. The molecule has 0 saturated heterocycles. The Morgan fingerprint density at radius 3 is 2.33 bits per heavy atom. The molecule has 0 radical (unpaired) electrons. The zero-order valence-electron chi connectivity index (χ0n) is 8.87. The molecule has 0 aliphatic carbocycles. The van der Waals surface area contributed by atoms with Crippen molar-refractivity contribution in [2.45, 2.75) is 6.92 Å². The van der Waals surface area contributed by atoms with E-state index in [9.17, 15) is 4.79 Å². The van der Waals surface area contributed by atoms with E-state index in [1.165, 1.54) is 20.3 Å². The Hall–Kier alpha value is -1.42. The van der Waals surface area contributed by atoms with Crippen LogP contribution in [0.1, 0.15) is 15.9 Å². The molecule has 1 aromatic rings. The average Bonchev–Trinajstić information content (AvgIpc) is 2.16. The normalized spacial score (nSPS) is 9.00. The van der Waals surface area contributed by atoms with Gasteiger partial charge in [-0.2, -0.15) is 0 Å². The van der Waals surface area contributed by atoms with Crippen molar-refractivity contribution in [1.82, 2.24) is 0 Å². The summed E-state index contributed by atoms with van der Waals surface area (Å²) in [6.45, 7) is 1.82. The minimum Gasteiger partial charge on any atom is -0.494 e. The number of esters is 1. The summed E-state index contributed by atoms with van der Waals surface area (Å²) >= 11 is 0. The van der Waals surface area contributed by atoms with Gasteiger partial charge in [0.05, 0.1) is 25.5 Å². The first-order chi connectivity index (χ1) is 6.60. The van der Waals surface area contributed by atoms with Crippen LogP contribution in [0.3, 0.4) is 0 Å². The fourth-order valence-electron chi connectivity index (χ4n) is 1.32. The highest BCUT2D eigenvalue weighted by molar-refractivity contribution is 5.91. The number of nitrogens with two attached hydrogens (primary N) is 1. The van der Waals surface area contributed by atoms with Crippen molar-refractivity contribution in [3.63, 3.8) is 0 Å². The smallest absolute Gasteiger partial charge is 0.337 e. The summed E-state index contributed by atoms with van der Waals surface area (Å²) in [5.74, 6) is 0.195. The Bertz CT molecular complexity index is 343. The first kappa shape index (κ1) is 13.6. The van der Waals surface area contributed by atoms with Crippen LogP contribution < -0.4 is 10.5 Å². The van der Waals surface area contributed by atoms with E-state index in [1.54, 1.807) is 6.07 Å². The molecule has 0 bridgehead atoms. The van der Waals surface area contributed by atoms with E-state index in [4.69, 9.17) is 10.5 Å². The molecule has 0 fully saturated rings. The lowest BCUT2D eigenvalue weighted by Crippen LogP contribution is -2.04. The second-order valence-corrected chi connectivity index (χ2v) is 2.91.